The molecule has 0 fully saturated rings. The second kappa shape index (κ2) is 6.93. The molecule has 124 valence electrons. The second-order valence-electron chi connectivity index (χ2n) is 5.58. The highest BCUT2D eigenvalue weighted by Gasteiger charge is 2.20. The lowest BCUT2D eigenvalue weighted by molar-refractivity contribution is 0.0950. The normalized spacial score (nSPS) is 10.6. The molecule has 3 aromatic rings. The SMILES string of the molecule is COc1ccc(CNC(=O)c2c(-n3cccc3)sc(C)c2C)cc1. The zero-order valence-electron chi connectivity index (χ0n) is 14.0. The Morgan fingerprint density at radius 3 is 2.46 bits per heavy atom. The maximum Gasteiger partial charge on any atom is 0.254 e. The number of aromatic nitrogens is 1. The fourth-order valence-electron chi connectivity index (χ4n) is 2.54. The van der Waals surface area contributed by atoms with Crippen molar-refractivity contribution in [3.05, 3.63) is 70.4 Å². The molecule has 0 aliphatic rings. The summed E-state index contributed by atoms with van der Waals surface area (Å²) in [6.07, 6.45) is 3.93. The fraction of sp³-hybridized carbons (Fsp3) is 0.211. The van der Waals surface area contributed by atoms with Crippen LogP contribution in [0.1, 0.15) is 26.4 Å². The number of carbonyl (C=O) groups is 1. The van der Waals surface area contributed by atoms with E-state index in [0.29, 0.717) is 6.54 Å². The molecule has 0 bridgehead atoms. The predicted octanol–water partition coefficient (Wildman–Crippen LogP) is 4.09. The topological polar surface area (TPSA) is 43.3 Å². The summed E-state index contributed by atoms with van der Waals surface area (Å²) in [6.45, 7) is 4.54. The van der Waals surface area contributed by atoms with Crippen LogP contribution in [0, 0.1) is 13.8 Å². The molecule has 1 amide bonds. The van der Waals surface area contributed by atoms with Crippen molar-refractivity contribution < 1.29 is 9.53 Å². The van der Waals surface area contributed by atoms with Crippen molar-refractivity contribution in [2.24, 2.45) is 0 Å². The number of ether oxygens (including phenoxy) is 1. The molecule has 0 saturated heterocycles. The van der Waals surface area contributed by atoms with Crippen LogP contribution in [0.5, 0.6) is 5.75 Å². The van der Waals surface area contributed by atoms with E-state index in [9.17, 15) is 4.79 Å². The van der Waals surface area contributed by atoms with Crippen molar-refractivity contribution in [3.8, 4) is 10.8 Å². The molecule has 3 rings (SSSR count). The summed E-state index contributed by atoms with van der Waals surface area (Å²) >= 11 is 1.64. The quantitative estimate of drug-likeness (QED) is 0.760. The summed E-state index contributed by atoms with van der Waals surface area (Å²) in [4.78, 5) is 13.9. The number of methoxy groups -OCH3 is 1. The van der Waals surface area contributed by atoms with Gasteiger partial charge in [-0.1, -0.05) is 12.1 Å². The average molecular weight is 340 g/mol. The van der Waals surface area contributed by atoms with Crippen LogP contribution in [0.3, 0.4) is 0 Å². The highest BCUT2D eigenvalue weighted by atomic mass is 32.1. The van der Waals surface area contributed by atoms with Crippen LogP contribution in [-0.2, 0) is 6.54 Å². The molecule has 0 atom stereocenters. The molecule has 0 aliphatic heterocycles. The zero-order chi connectivity index (χ0) is 17.1. The lowest BCUT2D eigenvalue weighted by atomic mass is 10.1. The summed E-state index contributed by atoms with van der Waals surface area (Å²) in [5, 5.41) is 3.98. The first-order chi connectivity index (χ1) is 11.6. The average Bonchev–Trinajstić information content (AvgIpc) is 3.22. The Kier molecular flexibility index (Phi) is 4.71. The number of carbonyl (C=O) groups excluding carboxylic acids is 1. The summed E-state index contributed by atoms with van der Waals surface area (Å²) in [7, 11) is 1.64. The number of aryl methyl sites for hydroxylation is 1. The first-order valence-corrected chi connectivity index (χ1v) is 8.56. The van der Waals surface area contributed by atoms with E-state index in [-0.39, 0.29) is 5.91 Å². The van der Waals surface area contributed by atoms with Gasteiger partial charge in [-0.15, -0.1) is 11.3 Å². The van der Waals surface area contributed by atoms with Crippen LogP contribution < -0.4 is 10.1 Å². The molecule has 0 unspecified atom stereocenters. The van der Waals surface area contributed by atoms with Crippen molar-refractivity contribution in [1.29, 1.82) is 0 Å². The second-order valence-corrected chi connectivity index (χ2v) is 6.79. The Hall–Kier alpha value is -2.53. The van der Waals surface area contributed by atoms with Crippen molar-refractivity contribution >= 4 is 17.2 Å². The molecule has 0 radical (unpaired) electrons. The van der Waals surface area contributed by atoms with Gasteiger partial charge in [0.05, 0.1) is 12.7 Å². The first kappa shape index (κ1) is 16.3. The molecule has 1 aromatic carbocycles. The van der Waals surface area contributed by atoms with E-state index in [1.807, 2.05) is 67.2 Å². The first-order valence-electron chi connectivity index (χ1n) is 7.74. The molecule has 4 nitrogen and oxygen atoms in total. The number of nitrogens with zero attached hydrogens (tertiary/aromatic N) is 1. The molecule has 1 N–H and O–H groups in total. The molecule has 5 heteroatoms. The summed E-state index contributed by atoms with van der Waals surface area (Å²) in [6, 6.07) is 11.6. The van der Waals surface area contributed by atoms with E-state index in [1.54, 1.807) is 18.4 Å². The van der Waals surface area contributed by atoms with Crippen molar-refractivity contribution in [2.75, 3.05) is 7.11 Å². The van der Waals surface area contributed by atoms with Gasteiger partial charge < -0.3 is 14.6 Å². The Labute approximate surface area is 145 Å². The lowest BCUT2D eigenvalue weighted by Gasteiger charge is -2.09. The summed E-state index contributed by atoms with van der Waals surface area (Å²) in [5.74, 6) is 0.764. The fourth-order valence-corrected chi connectivity index (χ4v) is 3.66. The number of amides is 1. The summed E-state index contributed by atoms with van der Waals surface area (Å²) in [5.41, 5.74) is 2.83. The largest absolute Gasteiger partial charge is 0.497 e. The third-order valence-electron chi connectivity index (χ3n) is 4.04. The molecule has 24 heavy (non-hydrogen) atoms. The monoisotopic (exact) mass is 340 g/mol. The lowest BCUT2D eigenvalue weighted by Crippen LogP contribution is -2.24. The molecular formula is C19H20N2O2S. The van der Waals surface area contributed by atoms with Crippen LogP contribution in [0.15, 0.2) is 48.8 Å². The van der Waals surface area contributed by atoms with Crippen LogP contribution in [0.4, 0.5) is 0 Å². The Morgan fingerprint density at radius 2 is 1.83 bits per heavy atom. The highest BCUT2D eigenvalue weighted by molar-refractivity contribution is 7.15. The van der Waals surface area contributed by atoms with Gasteiger partial charge in [0.1, 0.15) is 10.8 Å². The van der Waals surface area contributed by atoms with Crippen LogP contribution >= 0.6 is 11.3 Å². The minimum atomic E-state index is -0.0450. The minimum Gasteiger partial charge on any atom is -0.497 e. The maximum absolute atomic E-state index is 12.7. The smallest absolute Gasteiger partial charge is 0.254 e. The van der Waals surface area contributed by atoms with E-state index in [1.165, 1.54) is 0 Å². The Morgan fingerprint density at radius 1 is 1.17 bits per heavy atom. The van der Waals surface area contributed by atoms with E-state index in [4.69, 9.17) is 4.74 Å². The summed E-state index contributed by atoms with van der Waals surface area (Å²) < 4.78 is 7.14. The van der Waals surface area contributed by atoms with Gasteiger partial charge in [-0.3, -0.25) is 4.79 Å². The third-order valence-corrected chi connectivity index (χ3v) is 5.27. The number of hydrogen-bond acceptors (Lipinski definition) is 3. The molecule has 2 aromatic heterocycles. The molecule has 2 heterocycles. The zero-order valence-corrected chi connectivity index (χ0v) is 14.8. The van der Waals surface area contributed by atoms with Gasteiger partial charge in [-0.2, -0.15) is 0 Å². The highest BCUT2D eigenvalue weighted by Crippen LogP contribution is 2.31. The molecule has 0 spiro atoms. The number of rotatable bonds is 5. The minimum absolute atomic E-state index is 0.0450. The van der Waals surface area contributed by atoms with Gasteiger partial charge in [0.25, 0.3) is 5.91 Å². The Bertz CT molecular complexity index is 833. The van der Waals surface area contributed by atoms with Gasteiger partial charge in [0.2, 0.25) is 0 Å². The van der Waals surface area contributed by atoms with Gasteiger partial charge in [-0.25, -0.2) is 0 Å². The maximum atomic E-state index is 12.7. The van der Waals surface area contributed by atoms with E-state index in [2.05, 4.69) is 5.32 Å². The van der Waals surface area contributed by atoms with Gasteiger partial charge in [0, 0.05) is 23.8 Å². The van der Waals surface area contributed by atoms with Crippen molar-refractivity contribution in [3.63, 3.8) is 0 Å². The van der Waals surface area contributed by atoms with E-state index < -0.39 is 0 Å². The number of nitrogens with one attached hydrogen (secondary N) is 1. The predicted molar refractivity (Wildman–Crippen MR) is 97.3 cm³/mol. The van der Waals surface area contributed by atoms with Crippen LogP contribution in [-0.4, -0.2) is 17.6 Å². The van der Waals surface area contributed by atoms with E-state index >= 15 is 0 Å². The number of thiophene rings is 1. The standard InChI is InChI=1S/C19H20N2O2S/c1-13-14(2)24-19(21-10-4-5-11-21)17(13)18(22)20-12-15-6-8-16(23-3)9-7-15/h4-11H,12H2,1-3H3,(H,20,22). The van der Waals surface area contributed by atoms with E-state index in [0.717, 1.165) is 32.3 Å². The van der Waals surface area contributed by atoms with Crippen molar-refractivity contribution in [1.82, 2.24) is 9.88 Å². The van der Waals surface area contributed by atoms with Gasteiger partial charge in [0.15, 0.2) is 0 Å². The van der Waals surface area contributed by atoms with Crippen LogP contribution in [0.2, 0.25) is 0 Å². The van der Waals surface area contributed by atoms with Crippen LogP contribution in [0.25, 0.3) is 5.00 Å². The molecule has 0 aliphatic carbocycles. The third kappa shape index (κ3) is 3.21. The number of benzene rings is 1. The molecular weight excluding hydrogens is 320 g/mol. The van der Waals surface area contributed by atoms with Gasteiger partial charge >= 0.3 is 0 Å². The van der Waals surface area contributed by atoms with Gasteiger partial charge in [-0.05, 0) is 49.2 Å². The van der Waals surface area contributed by atoms with Crippen molar-refractivity contribution in [2.45, 2.75) is 20.4 Å². The number of hydrogen-bond donors (Lipinski definition) is 1. The Balaban J connectivity index is 1.79. The molecule has 0 saturated carbocycles.